The van der Waals surface area contributed by atoms with Crippen LogP contribution in [0.1, 0.15) is 19.8 Å². The molecule has 3 N–H and O–H groups in total. The van der Waals surface area contributed by atoms with E-state index in [0.29, 0.717) is 0 Å². The Morgan fingerprint density at radius 3 is 2.27 bits per heavy atom. The van der Waals surface area contributed by atoms with Crippen LogP contribution in [0.2, 0.25) is 0 Å². The zero-order valence-corrected chi connectivity index (χ0v) is 6.53. The highest BCUT2D eigenvalue weighted by molar-refractivity contribution is 5.79. The molecule has 66 valence electrons. The summed E-state index contributed by atoms with van der Waals surface area (Å²) in [5.74, 6) is -0.235. The highest BCUT2D eigenvalue weighted by Crippen LogP contribution is 1.98. The molecule has 0 spiro atoms. The first-order valence-corrected chi connectivity index (χ1v) is 3.55. The third-order valence-corrected chi connectivity index (χ3v) is 1.20. The third-order valence-electron chi connectivity index (χ3n) is 1.20. The third kappa shape index (κ3) is 5.97. The summed E-state index contributed by atoms with van der Waals surface area (Å²) in [5.41, 5.74) is 0. The lowest BCUT2D eigenvalue weighted by atomic mass is 10.1. The Bertz CT molecular complexity index is 122. The van der Waals surface area contributed by atoms with Gasteiger partial charge in [0.2, 0.25) is 0 Å². The average Bonchev–Trinajstić information content (AvgIpc) is 1.85. The number of hydrogen-bond donors (Lipinski definition) is 3. The van der Waals surface area contributed by atoms with Crippen LogP contribution in [0.5, 0.6) is 0 Å². The van der Waals surface area contributed by atoms with Gasteiger partial charge >= 0.3 is 0 Å². The molecule has 0 amide bonds. The van der Waals surface area contributed by atoms with E-state index in [1.807, 2.05) is 0 Å². The van der Waals surface area contributed by atoms with Crippen LogP contribution >= 0.6 is 0 Å². The predicted octanol–water partition coefficient (Wildman–Crippen LogP) is -0.930. The fourth-order valence-corrected chi connectivity index (χ4v) is 0.740. The number of aliphatic hydroxyl groups is 3. The molecule has 0 rings (SSSR count). The van der Waals surface area contributed by atoms with E-state index in [-0.39, 0.29) is 18.6 Å². The van der Waals surface area contributed by atoms with E-state index < -0.39 is 18.8 Å². The second-order valence-corrected chi connectivity index (χ2v) is 2.63. The molecule has 0 saturated heterocycles. The summed E-state index contributed by atoms with van der Waals surface area (Å²) in [7, 11) is 0. The van der Waals surface area contributed by atoms with Crippen LogP contribution in [0.4, 0.5) is 0 Å². The molecule has 4 nitrogen and oxygen atoms in total. The molecule has 11 heavy (non-hydrogen) atoms. The molecule has 4 heteroatoms. The molecule has 2 unspecified atom stereocenters. The van der Waals surface area contributed by atoms with E-state index in [1.165, 1.54) is 6.92 Å². The topological polar surface area (TPSA) is 77.8 Å². The van der Waals surface area contributed by atoms with Crippen molar-refractivity contribution >= 4 is 5.78 Å². The minimum atomic E-state index is -0.985. The van der Waals surface area contributed by atoms with E-state index in [9.17, 15) is 4.79 Å². The van der Waals surface area contributed by atoms with Gasteiger partial charge in [-0.3, -0.25) is 4.79 Å². The minimum Gasteiger partial charge on any atom is -0.394 e. The molecule has 0 radical (unpaired) electrons. The van der Waals surface area contributed by atoms with Gasteiger partial charge in [-0.05, 0) is 6.92 Å². The van der Waals surface area contributed by atoms with Crippen molar-refractivity contribution in [3.63, 3.8) is 0 Å². The quantitative estimate of drug-likeness (QED) is 0.488. The highest BCUT2D eigenvalue weighted by Gasteiger charge is 2.11. The van der Waals surface area contributed by atoms with Gasteiger partial charge in [-0.25, -0.2) is 0 Å². The Kier molecular flexibility index (Phi) is 5.02. The molecule has 0 aliphatic rings. The lowest BCUT2D eigenvalue weighted by Gasteiger charge is -2.06. The van der Waals surface area contributed by atoms with E-state index in [4.69, 9.17) is 15.3 Å². The smallest absolute Gasteiger partial charge is 0.138 e. The van der Waals surface area contributed by atoms with E-state index in [1.54, 1.807) is 0 Å². The average molecular weight is 162 g/mol. The number of ketones is 1. The van der Waals surface area contributed by atoms with Gasteiger partial charge in [0, 0.05) is 12.8 Å². The van der Waals surface area contributed by atoms with Crippen LogP contribution in [0.15, 0.2) is 0 Å². The number of Topliss-reactive ketones (excluding diaryl/α,β-unsaturated/α-hetero) is 1. The number of aliphatic hydroxyl groups excluding tert-OH is 3. The van der Waals surface area contributed by atoms with Crippen molar-refractivity contribution in [2.75, 3.05) is 6.61 Å². The van der Waals surface area contributed by atoms with Gasteiger partial charge in [0.05, 0.1) is 18.8 Å². The van der Waals surface area contributed by atoms with Crippen molar-refractivity contribution in [3.8, 4) is 0 Å². The molecule has 0 bridgehead atoms. The molecule has 0 aromatic heterocycles. The Hall–Kier alpha value is -0.450. The lowest BCUT2D eigenvalue weighted by Crippen LogP contribution is -2.19. The Morgan fingerprint density at radius 1 is 1.36 bits per heavy atom. The van der Waals surface area contributed by atoms with Crippen molar-refractivity contribution in [2.45, 2.75) is 32.0 Å². The number of carbonyl (C=O) groups excluding carboxylic acids is 1. The minimum absolute atomic E-state index is 0.0388. The van der Waals surface area contributed by atoms with Crippen molar-refractivity contribution in [3.05, 3.63) is 0 Å². The molecular formula is C7H14O4. The van der Waals surface area contributed by atoms with E-state index in [2.05, 4.69) is 0 Å². The maximum atomic E-state index is 10.8. The SMILES string of the molecule is CC(O)CC(=O)CC(O)CO. The monoisotopic (exact) mass is 162 g/mol. The van der Waals surface area contributed by atoms with E-state index in [0.717, 1.165) is 0 Å². The van der Waals surface area contributed by atoms with Crippen LogP contribution in [-0.2, 0) is 4.79 Å². The fourth-order valence-electron chi connectivity index (χ4n) is 0.740. The van der Waals surface area contributed by atoms with Crippen LogP contribution in [-0.4, -0.2) is 39.9 Å². The Balaban J connectivity index is 3.52. The zero-order chi connectivity index (χ0) is 8.85. The Morgan fingerprint density at radius 2 is 1.91 bits per heavy atom. The van der Waals surface area contributed by atoms with Gasteiger partial charge in [0.15, 0.2) is 0 Å². The van der Waals surface area contributed by atoms with Gasteiger partial charge in [0.1, 0.15) is 5.78 Å². The first kappa shape index (κ1) is 10.6. The Labute approximate surface area is 65.5 Å². The predicted molar refractivity (Wildman–Crippen MR) is 39.0 cm³/mol. The van der Waals surface area contributed by atoms with Crippen LogP contribution in [0.3, 0.4) is 0 Å². The first-order chi connectivity index (χ1) is 5.06. The molecule has 0 heterocycles. The van der Waals surface area contributed by atoms with Crippen molar-refractivity contribution in [1.82, 2.24) is 0 Å². The molecule has 0 fully saturated rings. The summed E-state index contributed by atoms with van der Waals surface area (Å²) in [6, 6.07) is 0. The lowest BCUT2D eigenvalue weighted by molar-refractivity contribution is -0.123. The fraction of sp³-hybridized carbons (Fsp3) is 0.857. The molecule has 0 aliphatic heterocycles. The molecule has 2 atom stereocenters. The maximum absolute atomic E-state index is 10.8. The second kappa shape index (κ2) is 5.23. The molecule has 0 aliphatic carbocycles. The molecular weight excluding hydrogens is 148 g/mol. The van der Waals surface area contributed by atoms with Crippen molar-refractivity contribution < 1.29 is 20.1 Å². The summed E-state index contributed by atoms with van der Waals surface area (Å²) in [6.07, 6.45) is -1.70. The molecule has 0 aromatic carbocycles. The molecule has 0 saturated carbocycles. The van der Waals surface area contributed by atoms with Crippen LogP contribution in [0, 0.1) is 0 Å². The van der Waals surface area contributed by atoms with Crippen LogP contribution < -0.4 is 0 Å². The maximum Gasteiger partial charge on any atom is 0.138 e. The van der Waals surface area contributed by atoms with Crippen molar-refractivity contribution in [2.24, 2.45) is 0 Å². The summed E-state index contributed by atoms with van der Waals surface area (Å²) < 4.78 is 0. The summed E-state index contributed by atoms with van der Waals surface area (Å²) in [5, 5.41) is 25.9. The van der Waals surface area contributed by atoms with Gasteiger partial charge in [-0.2, -0.15) is 0 Å². The number of carbonyl (C=O) groups is 1. The van der Waals surface area contributed by atoms with Crippen LogP contribution in [0.25, 0.3) is 0 Å². The normalized spacial score (nSPS) is 16.0. The largest absolute Gasteiger partial charge is 0.394 e. The van der Waals surface area contributed by atoms with Gasteiger partial charge in [-0.1, -0.05) is 0 Å². The van der Waals surface area contributed by atoms with Gasteiger partial charge in [-0.15, -0.1) is 0 Å². The number of hydrogen-bond acceptors (Lipinski definition) is 4. The van der Waals surface area contributed by atoms with E-state index >= 15 is 0 Å². The van der Waals surface area contributed by atoms with Gasteiger partial charge in [0.25, 0.3) is 0 Å². The highest BCUT2D eigenvalue weighted by atomic mass is 16.3. The second-order valence-electron chi connectivity index (χ2n) is 2.63. The van der Waals surface area contributed by atoms with Gasteiger partial charge < -0.3 is 15.3 Å². The molecule has 0 aromatic rings. The first-order valence-electron chi connectivity index (χ1n) is 3.55. The number of rotatable bonds is 5. The standard InChI is InChI=1S/C7H14O4/c1-5(9)2-6(10)3-7(11)4-8/h5,7-9,11H,2-4H2,1H3. The summed E-state index contributed by atoms with van der Waals surface area (Å²) in [4.78, 5) is 10.8. The summed E-state index contributed by atoms with van der Waals surface area (Å²) in [6.45, 7) is 1.09. The van der Waals surface area contributed by atoms with Crippen molar-refractivity contribution in [1.29, 1.82) is 0 Å². The zero-order valence-electron chi connectivity index (χ0n) is 6.53. The summed E-state index contributed by atoms with van der Waals surface area (Å²) >= 11 is 0.